The third kappa shape index (κ3) is 2.72. The summed E-state index contributed by atoms with van der Waals surface area (Å²) in [6, 6.07) is 9.19. The molecule has 2 aromatic rings. The largest absolute Gasteiger partial charge is 0.312 e. The van der Waals surface area contributed by atoms with Gasteiger partial charge in [-0.25, -0.2) is 8.78 Å². The van der Waals surface area contributed by atoms with Gasteiger partial charge in [0.05, 0.1) is 0 Å². The summed E-state index contributed by atoms with van der Waals surface area (Å²) in [6.07, 6.45) is 0.513. The van der Waals surface area contributed by atoms with Crippen molar-refractivity contribution in [3.63, 3.8) is 0 Å². The van der Waals surface area contributed by atoms with Crippen LogP contribution >= 0.6 is 0 Å². The summed E-state index contributed by atoms with van der Waals surface area (Å²) in [5.41, 5.74) is 2.50. The van der Waals surface area contributed by atoms with Gasteiger partial charge in [-0.15, -0.1) is 0 Å². The van der Waals surface area contributed by atoms with E-state index in [1.54, 1.807) is 6.07 Å². The van der Waals surface area contributed by atoms with Crippen molar-refractivity contribution in [3.8, 4) is 0 Å². The van der Waals surface area contributed by atoms with Crippen molar-refractivity contribution < 1.29 is 13.6 Å². The maximum atomic E-state index is 13.7. The van der Waals surface area contributed by atoms with E-state index in [1.165, 1.54) is 18.2 Å². The lowest BCUT2D eigenvalue weighted by molar-refractivity contribution is 0.0989. The molecular weight excluding hydrogens is 272 g/mol. The van der Waals surface area contributed by atoms with Gasteiger partial charge in [-0.1, -0.05) is 24.3 Å². The zero-order valence-corrected chi connectivity index (χ0v) is 11.5. The molecule has 1 N–H and O–H groups in total. The Morgan fingerprint density at radius 3 is 2.57 bits per heavy atom. The van der Waals surface area contributed by atoms with E-state index in [-0.39, 0.29) is 17.8 Å². The zero-order chi connectivity index (χ0) is 14.8. The fourth-order valence-corrected chi connectivity index (χ4v) is 2.75. The van der Waals surface area contributed by atoms with Crippen molar-refractivity contribution in [2.24, 2.45) is 0 Å². The highest BCUT2D eigenvalue weighted by Crippen LogP contribution is 2.22. The van der Waals surface area contributed by atoms with Crippen LogP contribution in [0.25, 0.3) is 0 Å². The van der Waals surface area contributed by atoms with E-state index in [1.807, 2.05) is 12.1 Å². The summed E-state index contributed by atoms with van der Waals surface area (Å²) in [6.45, 7) is 1.54. The summed E-state index contributed by atoms with van der Waals surface area (Å²) in [5.74, 6) is -1.58. The van der Waals surface area contributed by atoms with Gasteiger partial charge in [0.2, 0.25) is 0 Å². The summed E-state index contributed by atoms with van der Waals surface area (Å²) in [4.78, 5) is 12.4. The first-order valence-corrected chi connectivity index (χ1v) is 6.94. The molecule has 0 saturated heterocycles. The Morgan fingerprint density at radius 2 is 1.81 bits per heavy atom. The predicted molar refractivity (Wildman–Crippen MR) is 76.2 cm³/mol. The van der Waals surface area contributed by atoms with Gasteiger partial charge < -0.3 is 5.32 Å². The van der Waals surface area contributed by atoms with Crippen LogP contribution in [0.1, 0.15) is 27.0 Å². The van der Waals surface area contributed by atoms with Gasteiger partial charge in [-0.3, -0.25) is 4.79 Å². The molecule has 0 fully saturated rings. The normalized spacial score (nSPS) is 13.8. The van der Waals surface area contributed by atoms with Gasteiger partial charge in [0, 0.05) is 24.1 Å². The van der Waals surface area contributed by atoms with Gasteiger partial charge in [-0.05, 0) is 36.2 Å². The summed E-state index contributed by atoms with van der Waals surface area (Å²) >= 11 is 0. The number of hydrogen-bond acceptors (Lipinski definition) is 2. The van der Waals surface area contributed by atoms with Crippen LogP contribution in [0.5, 0.6) is 0 Å². The molecule has 0 spiro atoms. The molecule has 21 heavy (non-hydrogen) atoms. The van der Waals surface area contributed by atoms with E-state index < -0.39 is 11.6 Å². The number of ketones is 1. The van der Waals surface area contributed by atoms with Crippen molar-refractivity contribution >= 4 is 5.78 Å². The van der Waals surface area contributed by atoms with Gasteiger partial charge in [0.1, 0.15) is 11.6 Å². The Morgan fingerprint density at radius 1 is 1.10 bits per heavy atom. The summed E-state index contributed by atoms with van der Waals surface area (Å²) in [7, 11) is 0. The van der Waals surface area contributed by atoms with Crippen LogP contribution in [0.2, 0.25) is 0 Å². The topological polar surface area (TPSA) is 29.1 Å². The minimum Gasteiger partial charge on any atom is -0.312 e. The zero-order valence-electron chi connectivity index (χ0n) is 11.5. The Kier molecular flexibility index (Phi) is 3.80. The van der Waals surface area contributed by atoms with Crippen LogP contribution in [-0.4, -0.2) is 12.3 Å². The SMILES string of the molecule is O=C(Cc1c(F)cccc1F)c1cccc2c1CCNC2. The first-order valence-electron chi connectivity index (χ1n) is 6.94. The molecule has 0 saturated carbocycles. The van der Waals surface area contributed by atoms with E-state index in [9.17, 15) is 13.6 Å². The van der Waals surface area contributed by atoms with Gasteiger partial charge >= 0.3 is 0 Å². The lowest BCUT2D eigenvalue weighted by Gasteiger charge is -2.19. The smallest absolute Gasteiger partial charge is 0.167 e. The molecule has 0 amide bonds. The minimum atomic E-state index is -0.671. The number of nitrogens with one attached hydrogen (secondary N) is 1. The standard InChI is InChI=1S/C17H15F2NO/c18-15-5-2-6-16(19)14(15)9-17(21)13-4-1-3-11-10-20-8-7-12(11)13/h1-6,20H,7-10H2. The van der Waals surface area contributed by atoms with Crippen molar-refractivity contribution in [1.82, 2.24) is 5.32 Å². The van der Waals surface area contributed by atoms with E-state index >= 15 is 0 Å². The van der Waals surface area contributed by atoms with Gasteiger partial charge in [0.15, 0.2) is 5.78 Å². The van der Waals surface area contributed by atoms with E-state index in [2.05, 4.69) is 5.32 Å². The molecule has 1 heterocycles. The predicted octanol–water partition coefficient (Wildman–Crippen LogP) is 3.04. The maximum absolute atomic E-state index is 13.7. The Labute approximate surface area is 121 Å². The second-order valence-corrected chi connectivity index (χ2v) is 5.17. The number of fused-ring (bicyclic) bond motifs is 1. The lowest BCUT2D eigenvalue weighted by atomic mass is 9.91. The van der Waals surface area contributed by atoms with E-state index in [0.717, 1.165) is 30.6 Å². The average Bonchev–Trinajstić information content (AvgIpc) is 2.50. The highest BCUT2D eigenvalue weighted by Gasteiger charge is 2.19. The number of carbonyl (C=O) groups excluding carboxylic acids is 1. The molecule has 108 valence electrons. The highest BCUT2D eigenvalue weighted by molar-refractivity contribution is 5.99. The molecule has 0 aromatic heterocycles. The second-order valence-electron chi connectivity index (χ2n) is 5.17. The lowest BCUT2D eigenvalue weighted by Crippen LogP contribution is -2.25. The third-order valence-corrected chi connectivity index (χ3v) is 3.84. The first-order chi connectivity index (χ1) is 10.2. The number of benzene rings is 2. The molecule has 1 aliphatic rings. The molecular formula is C17H15F2NO. The van der Waals surface area contributed by atoms with Crippen molar-refractivity contribution in [3.05, 3.63) is 70.3 Å². The van der Waals surface area contributed by atoms with Crippen LogP contribution in [0.4, 0.5) is 8.78 Å². The number of rotatable bonds is 3. The second kappa shape index (κ2) is 5.74. The quantitative estimate of drug-likeness (QED) is 0.879. The van der Waals surface area contributed by atoms with Crippen molar-refractivity contribution in [2.45, 2.75) is 19.4 Å². The number of hydrogen-bond donors (Lipinski definition) is 1. The van der Waals surface area contributed by atoms with E-state index in [4.69, 9.17) is 0 Å². The molecule has 4 heteroatoms. The van der Waals surface area contributed by atoms with E-state index in [0.29, 0.717) is 5.56 Å². The number of Topliss-reactive ketones (excluding diaryl/α,β-unsaturated/α-hetero) is 1. The monoisotopic (exact) mass is 287 g/mol. The average molecular weight is 287 g/mol. The van der Waals surface area contributed by atoms with Crippen LogP contribution in [0.3, 0.4) is 0 Å². The van der Waals surface area contributed by atoms with Crippen LogP contribution in [-0.2, 0) is 19.4 Å². The van der Waals surface area contributed by atoms with Crippen LogP contribution < -0.4 is 5.32 Å². The van der Waals surface area contributed by atoms with Gasteiger partial charge in [-0.2, -0.15) is 0 Å². The van der Waals surface area contributed by atoms with Gasteiger partial charge in [0.25, 0.3) is 0 Å². The Balaban J connectivity index is 1.93. The molecule has 2 aromatic carbocycles. The number of carbonyl (C=O) groups is 1. The molecule has 0 aliphatic carbocycles. The molecule has 1 aliphatic heterocycles. The van der Waals surface area contributed by atoms with Crippen molar-refractivity contribution in [2.75, 3.05) is 6.54 Å². The number of halogens is 2. The Bertz CT molecular complexity index is 677. The highest BCUT2D eigenvalue weighted by atomic mass is 19.1. The van der Waals surface area contributed by atoms with Crippen LogP contribution in [0.15, 0.2) is 36.4 Å². The van der Waals surface area contributed by atoms with Crippen molar-refractivity contribution in [1.29, 1.82) is 0 Å². The Hall–Kier alpha value is -2.07. The third-order valence-electron chi connectivity index (χ3n) is 3.84. The minimum absolute atomic E-state index is 0.158. The first kappa shape index (κ1) is 13.9. The maximum Gasteiger partial charge on any atom is 0.167 e. The summed E-state index contributed by atoms with van der Waals surface area (Å²) in [5, 5.41) is 3.24. The van der Waals surface area contributed by atoms with Crippen LogP contribution in [0, 0.1) is 11.6 Å². The molecule has 0 unspecified atom stereocenters. The summed E-state index contributed by atoms with van der Waals surface area (Å²) < 4.78 is 27.3. The molecule has 2 nitrogen and oxygen atoms in total. The molecule has 0 atom stereocenters. The molecule has 0 radical (unpaired) electrons. The molecule has 3 rings (SSSR count). The molecule has 0 bridgehead atoms. The fraction of sp³-hybridized carbons (Fsp3) is 0.235. The fourth-order valence-electron chi connectivity index (χ4n) is 2.75.